The van der Waals surface area contributed by atoms with Crippen molar-refractivity contribution in [1.29, 1.82) is 0 Å². The van der Waals surface area contributed by atoms with E-state index in [1.807, 2.05) is 0 Å². The Bertz CT molecular complexity index is 1510. The van der Waals surface area contributed by atoms with E-state index in [-0.39, 0.29) is 6.07 Å². The van der Waals surface area contributed by atoms with Crippen LogP contribution in [0.4, 0.5) is 32.0 Å². The molecule has 4 rings (SSSR count). The third-order valence-electron chi connectivity index (χ3n) is 6.31. The van der Waals surface area contributed by atoms with Crippen molar-refractivity contribution >= 4 is 29.1 Å². The van der Waals surface area contributed by atoms with Crippen molar-refractivity contribution in [3.63, 3.8) is 0 Å². The molecular weight excluding hydrogens is 568 g/mol. The maximum absolute atomic E-state index is 13.2. The summed E-state index contributed by atoms with van der Waals surface area (Å²) in [5, 5.41) is 4.68. The number of amides is 3. The van der Waals surface area contributed by atoms with E-state index in [0.29, 0.717) is 34.8 Å². The molecule has 2 aromatic carbocycles. The minimum atomic E-state index is -5.08. The van der Waals surface area contributed by atoms with E-state index in [2.05, 4.69) is 20.6 Å². The van der Waals surface area contributed by atoms with Gasteiger partial charge in [0.2, 0.25) is 18.0 Å². The lowest BCUT2D eigenvalue weighted by Gasteiger charge is -2.22. The van der Waals surface area contributed by atoms with Crippen molar-refractivity contribution in [2.75, 3.05) is 11.9 Å². The van der Waals surface area contributed by atoms with E-state index in [0.717, 1.165) is 0 Å². The van der Waals surface area contributed by atoms with Crippen molar-refractivity contribution in [2.24, 2.45) is 4.99 Å². The molecule has 2 heterocycles. The highest BCUT2D eigenvalue weighted by Gasteiger charge is 2.37. The van der Waals surface area contributed by atoms with Gasteiger partial charge in [0.25, 0.3) is 5.91 Å². The first-order valence-corrected chi connectivity index (χ1v) is 12.4. The molecule has 1 aromatic heterocycles. The number of para-hydroxylation sites is 1. The molecule has 0 saturated carbocycles. The molecule has 0 spiro atoms. The number of nitrogens with zero attached hydrogens (tertiary/aromatic N) is 3. The van der Waals surface area contributed by atoms with E-state index < -0.39 is 65.4 Å². The lowest BCUT2D eigenvalue weighted by molar-refractivity contribution is -0.143. The Morgan fingerprint density at radius 3 is 2.17 bits per heavy atom. The van der Waals surface area contributed by atoms with E-state index in [4.69, 9.17) is 0 Å². The molecule has 0 fully saturated rings. The van der Waals surface area contributed by atoms with Gasteiger partial charge >= 0.3 is 12.4 Å². The summed E-state index contributed by atoms with van der Waals surface area (Å²) in [7, 11) is 1.49. The van der Waals surface area contributed by atoms with Gasteiger partial charge in [0.05, 0.1) is 34.6 Å². The fourth-order valence-corrected chi connectivity index (χ4v) is 4.25. The number of fused-ring (bicyclic) bond motifs is 1. The SMILES string of the molecule is C[C@H](NC(=O)Cc1cc(C(F)(F)F)cc(C(F)(F)F)c1)C(=O)NC1N=C(c2ccccn2)c2ccccc2N(C)C1=O. The normalized spacial score (nSPS) is 16.2. The Morgan fingerprint density at radius 2 is 1.57 bits per heavy atom. The van der Waals surface area contributed by atoms with Crippen molar-refractivity contribution < 1.29 is 40.7 Å². The van der Waals surface area contributed by atoms with E-state index in [1.54, 1.807) is 42.5 Å². The predicted molar refractivity (Wildman–Crippen MR) is 139 cm³/mol. The van der Waals surface area contributed by atoms with Crippen LogP contribution in [0.5, 0.6) is 0 Å². The summed E-state index contributed by atoms with van der Waals surface area (Å²) < 4.78 is 78.9. The smallest absolute Gasteiger partial charge is 0.344 e. The number of anilines is 1. The Kier molecular flexibility index (Phi) is 8.36. The highest BCUT2D eigenvalue weighted by molar-refractivity contribution is 6.19. The number of rotatable bonds is 6. The molecule has 0 bridgehead atoms. The first kappa shape index (κ1) is 30.2. The van der Waals surface area contributed by atoms with Crippen LogP contribution in [0, 0.1) is 0 Å². The second-order valence-electron chi connectivity index (χ2n) is 9.40. The summed E-state index contributed by atoms with van der Waals surface area (Å²) in [6.45, 7) is 1.24. The number of hydrogen-bond acceptors (Lipinski definition) is 5. The maximum Gasteiger partial charge on any atom is 0.416 e. The van der Waals surface area contributed by atoms with E-state index in [1.165, 1.54) is 25.1 Å². The number of likely N-dealkylation sites (N-methyl/N-ethyl adjacent to an activating group) is 1. The first-order valence-electron chi connectivity index (χ1n) is 12.4. The molecule has 2 N–H and O–H groups in total. The van der Waals surface area contributed by atoms with Gasteiger partial charge in [-0.25, -0.2) is 4.99 Å². The van der Waals surface area contributed by atoms with Gasteiger partial charge in [-0.1, -0.05) is 24.3 Å². The van der Waals surface area contributed by atoms with Crippen molar-refractivity contribution in [2.45, 2.75) is 37.9 Å². The van der Waals surface area contributed by atoms with Crippen LogP contribution in [-0.2, 0) is 33.2 Å². The zero-order valence-electron chi connectivity index (χ0n) is 22.0. The van der Waals surface area contributed by atoms with E-state index >= 15 is 0 Å². The molecule has 3 aromatic rings. The number of pyridine rings is 1. The fourth-order valence-electron chi connectivity index (χ4n) is 4.25. The molecule has 1 aliphatic rings. The minimum absolute atomic E-state index is 0.0454. The molecule has 42 heavy (non-hydrogen) atoms. The molecule has 8 nitrogen and oxygen atoms in total. The predicted octanol–water partition coefficient (Wildman–Crippen LogP) is 4.12. The fraction of sp³-hybridized carbons (Fsp3) is 0.250. The average Bonchev–Trinajstić information content (AvgIpc) is 3.03. The Hall–Kier alpha value is -4.75. The third-order valence-corrected chi connectivity index (χ3v) is 6.31. The van der Waals surface area contributed by atoms with Gasteiger partial charge in [0.1, 0.15) is 6.04 Å². The van der Waals surface area contributed by atoms with Crippen LogP contribution in [0.15, 0.2) is 71.9 Å². The number of benzene rings is 2. The monoisotopic (exact) mass is 591 g/mol. The number of hydrogen-bond donors (Lipinski definition) is 2. The maximum atomic E-state index is 13.2. The second kappa shape index (κ2) is 11.6. The van der Waals surface area contributed by atoms with Crippen LogP contribution in [0.2, 0.25) is 0 Å². The summed E-state index contributed by atoms with van der Waals surface area (Å²) in [5.74, 6) is -2.49. The number of carbonyl (C=O) groups is 3. The van der Waals surface area contributed by atoms with Gasteiger partial charge in [0.15, 0.2) is 0 Å². The summed E-state index contributed by atoms with van der Waals surface area (Å²) in [4.78, 5) is 48.8. The first-order chi connectivity index (χ1) is 19.6. The average molecular weight is 592 g/mol. The van der Waals surface area contributed by atoms with Crippen LogP contribution in [0.25, 0.3) is 0 Å². The minimum Gasteiger partial charge on any atom is -0.344 e. The largest absolute Gasteiger partial charge is 0.416 e. The van der Waals surface area contributed by atoms with Gasteiger partial charge in [0, 0.05) is 18.8 Å². The zero-order chi connectivity index (χ0) is 30.8. The Labute approximate surface area is 235 Å². The van der Waals surface area contributed by atoms with Crippen LogP contribution < -0.4 is 15.5 Å². The number of carbonyl (C=O) groups excluding carboxylic acids is 3. The van der Waals surface area contributed by atoms with Crippen LogP contribution in [0.1, 0.15) is 34.9 Å². The molecule has 1 aliphatic heterocycles. The molecule has 3 amide bonds. The molecule has 0 radical (unpaired) electrons. The van der Waals surface area contributed by atoms with Gasteiger partial charge in [-0.15, -0.1) is 0 Å². The van der Waals surface area contributed by atoms with E-state index in [9.17, 15) is 40.7 Å². The molecule has 14 heteroatoms. The highest BCUT2D eigenvalue weighted by atomic mass is 19.4. The Balaban J connectivity index is 1.53. The second-order valence-corrected chi connectivity index (χ2v) is 9.40. The lowest BCUT2D eigenvalue weighted by atomic mass is 10.0. The van der Waals surface area contributed by atoms with Crippen LogP contribution >= 0.6 is 0 Å². The number of aromatic nitrogens is 1. The van der Waals surface area contributed by atoms with Crippen LogP contribution in [-0.4, -0.2) is 47.7 Å². The highest BCUT2D eigenvalue weighted by Crippen LogP contribution is 2.36. The van der Waals surface area contributed by atoms with Crippen molar-refractivity contribution in [1.82, 2.24) is 15.6 Å². The quantitative estimate of drug-likeness (QED) is 0.421. The number of alkyl halides is 6. The topological polar surface area (TPSA) is 104 Å². The Morgan fingerprint density at radius 1 is 0.952 bits per heavy atom. The molecule has 0 saturated heterocycles. The van der Waals surface area contributed by atoms with Gasteiger partial charge in [-0.05, 0) is 48.9 Å². The molecule has 0 aliphatic carbocycles. The number of halogens is 6. The molecular formula is C28H23F6N5O3. The lowest BCUT2D eigenvalue weighted by Crippen LogP contribution is -2.52. The number of benzodiazepines with no additional fused rings is 1. The van der Waals surface area contributed by atoms with Crippen molar-refractivity contribution in [3.05, 3.63) is 94.8 Å². The van der Waals surface area contributed by atoms with Gasteiger partial charge in [-0.3, -0.25) is 19.4 Å². The zero-order valence-corrected chi connectivity index (χ0v) is 22.0. The third kappa shape index (κ3) is 6.75. The summed E-state index contributed by atoms with van der Waals surface area (Å²) in [6.07, 6.45) is -10.9. The van der Waals surface area contributed by atoms with Gasteiger partial charge in [-0.2, -0.15) is 26.3 Å². The molecule has 2 atom stereocenters. The summed E-state index contributed by atoms with van der Waals surface area (Å²) in [5.41, 5.74) is -1.86. The molecule has 1 unspecified atom stereocenters. The van der Waals surface area contributed by atoms with Crippen molar-refractivity contribution in [3.8, 4) is 0 Å². The standard InChI is InChI=1S/C28H23F6N5O3/c1-15(36-22(40)13-16-11-17(27(29,30)31)14-18(12-16)28(32,33)34)25(41)38-24-26(42)39(2)21-9-4-3-7-19(21)23(37-24)20-8-5-6-10-35-20/h3-12,14-15,24H,13H2,1-2H3,(H,36,40)(H,38,41)/t15-,24?/m0/s1. The summed E-state index contributed by atoms with van der Waals surface area (Å²) in [6, 6.07) is 11.5. The summed E-state index contributed by atoms with van der Waals surface area (Å²) >= 11 is 0. The van der Waals surface area contributed by atoms with Crippen LogP contribution in [0.3, 0.4) is 0 Å². The van der Waals surface area contributed by atoms with Gasteiger partial charge < -0.3 is 15.5 Å². The number of nitrogens with one attached hydrogen (secondary N) is 2. The molecule has 220 valence electrons. The number of aliphatic imine (C=N–C) groups is 1.